The molecule has 1 unspecified atom stereocenters. The van der Waals surface area contributed by atoms with Gasteiger partial charge in [0.1, 0.15) is 5.76 Å². The highest BCUT2D eigenvalue weighted by atomic mass is 127. The molecular weight excluding hydrogens is 484 g/mol. The zero-order valence-electron chi connectivity index (χ0n) is 16.1. The van der Waals surface area contributed by atoms with Crippen molar-refractivity contribution in [3.8, 4) is 0 Å². The van der Waals surface area contributed by atoms with Crippen LogP contribution in [-0.4, -0.2) is 38.0 Å². The molecule has 1 aromatic heterocycles. The van der Waals surface area contributed by atoms with Gasteiger partial charge in [-0.15, -0.1) is 24.0 Å². The van der Waals surface area contributed by atoms with Gasteiger partial charge in [0.15, 0.2) is 5.96 Å². The first-order valence-electron chi connectivity index (χ1n) is 8.69. The molecule has 0 saturated carbocycles. The van der Waals surface area contributed by atoms with Crippen molar-refractivity contribution in [2.75, 3.05) is 27.2 Å². The van der Waals surface area contributed by atoms with Crippen LogP contribution in [0.2, 0.25) is 0 Å². The molecule has 0 aliphatic heterocycles. The molecule has 1 atom stereocenters. The third kappa shape index (κ3) is 7.34. The van der Waals surface area contributed by atoms with Gasteiger partial charge in [0.25, 0.3) is 0 Å². The standard InChI is InChI=1S/C19H25F3N4O.HI/c1-4-23-18(25-13-16(26(2)3)17-6-5-11-27-17)24-12-14-7-9-15(10-8-14)19(20,21)22;/h5-11,16H,4,12-13H2,1-3H3,(H2,23,24,25);1H. The second kappa shape index (κ2) is 11.3. The third-order valence-electron chi connectivity index (χ3n) is 4.00. The van der Waals surface area contributed by atoms with E-state index < -0.39 is 11.7 Å². The van der Waals surface area contributed by atoms with Gasteiger partial charge in [-0.05, 0) is 50.8 Å². The van der Waals surface area contributed by atoms with Crippen LogP contribution in [0.25, 0.3) is 0 Å². The van der Waals surface area contributed by atoms with Gasteiger partial charge in [0.05, 0.1) is 24.4 Å². The van der Waals surface area contributed by atoms with Crippen LogP contribution < -0.4 is 10.6 Å². The summed E-state index contributed by atoms with van der Waals surface area (Å²) >= 11 is 0. The normalized spacial score (nSPS) is 13.2. The monoisotopic (exact) mass is 510 g/mol. The molecule has 2 rings (SSSR count). The maximum absolute atomic E-state index is 12.6. The zero-order chi connectivity index (χ0) is 19.9. The first-order valence-corrected chi connectivity index (χ1v) is 8.69. The maximum atomic E-state index is 12.6. The molecule has 0 radical (unpaired) electrons. The number of benzene rings is 1. The molecule has 2 aromatic rings. The van der Waals surface area contributed by atoms with Crippen molar-refractivity contribution in [2.24, 2.45) is 4.99 Å². The first kappa shape index (κ1) is 24.3. The predicted molar refractivity (Wildman–Crippen MR) is 115 cm³/mol. The number of rotatable bonds is 7. The van der Waals surface area contributed by atoms with Crippen LogP contribution in [-0.2, 0) is 12.7 Å². The Balaban J connectivity index is 0.00000392. The molecule has 9 heteroatoms. The van der Waals surface area contributed by atoms with E-state index in [0.717, 1.165) is 17.9 Å². The number of aliphatic imine (C=N–C) groups is 1. The molecule has 28 heavy (non-hydrogen) atoms. The number of nitrogens with zero attached hydrogens (tertiary/aromatic N) is 2. The Labute approximate surface area is 180 Å². The van der Waals surface area contributed by atoms with Crippen molar-refractivity contribution in [1.29, 1.82) is 0 Å². The molecule has 1 heterocycles. The van der Waals surface area contributed by atoms with Gasteiger partial charge in [-0.1, -0.05) is 12.1 Å². The van der Waals surface area contributed by atoms with E-state index in [1.165, 1.54) is 12.1 Å². The highest BCUT2D eigenvalue weighted by molar-refractivity contribution is 14.0. The van der Waals surface area contributed by atoms with Gasteiger partial charge in [0.2, 0.25) is 0 Å². The summed E-state index contributed by atoms with van der Waals surface area (Å²) < 4.78 is 43.4. The molecule has 0 spiro atoms. The summed E-state index contributed by atoms with van der Waals surface area (Å²) in [4.78, 5) is 6.49. The van der Waals surface area contributed by atoms with Gasteiger partial charge in [-0.25, -0.2) is 4.99 Å². The van der Waals surface area contributed by atoms with Gasteiger partial charge in [-0.3, -0.25) is 4.90 Å². The molecular formula is C19H26F3IN4O. The molecule has 156 valence electrons. The van der Waals surface area contributed by atoms with Crippen molar-refractivity contribution < 1.29 is 17.6 Å². The van der Waals surface area contributed by atoms with Crippen LogP contribution in [0.15, 0.2) is 52.1 Å². The highest BCUT2D eigenvalue weighted by Gasteiger charge is 2.29. The van der Waals surface area contributed by atoms with E-state index in [-0.39, 0.29) is 36.6 Å². The van der Waals surface area contributed by atoms with E-state index in [1.807, 2.05) is 38.1 Å². The van der Waals surface area contributed by atoms with Gasteiger partial charge >= 0.3 is 6.18 Å². The number of alkyl halides is 3. The number of hydrogen-bond acceptors (Lipinski definition) is 3. The van der Waals surface area contributed by atoms with Gasteiger partial charge < -0.3 is 15.1 Å². The molecule has 5 nitrogen and oxygen atoms in total. The predicted octanol–water partition coefficient (Wildman–Crippen LogP) is 4.27. The van der Waals surface area contributed by atoms with Crippen molar-refractivity contribution >= 4 is 29.9 Å². The van der Waals surface area contributed by atoms with E-state index in [0.29, 0.717) is 24.6 Å². The minimum absolute atomic E-state index is 0. The second-order valence-electron chi connectivity index (χ2n) is 6.27. The largest absolute Gasteiger partial charge is 0.468 e. The van der Waals surface area contributed by atoms with E-state index in [2.05, 4.69) is 15.6 Å². The summed E-state index contributed by atoms with van der Waals surface area (Å²) in [6.07, 6.45) is -2.69. The minimum Gasteiger partial charge on any atom is -0.468 e. The number of halogens is 4. The summed E-state index contributed by atoms with van der Waals surface area (Å²) in [5.74, 6) is 1.43. The molecule has 0 bridgehead atoms. The van der Waals surface area contributed by atoms with Gasteiger partial charge in [0, 0.05) is 13.1 Å². The fourth-order valence-electron chi connectivity index (χ4n) is 2.52. The Kier molecular flexibility index (Phi) is 9.80. The lowest BCUT2D eigenvalue weighted by Crippen LogP contribution is -2.41. The summed E-state index contributed by atoms with van der Waals surface area (Å²) in [7, 11) is 3.92. The summed E-state index contributed by atoms with van der Waals surface area (Å²) in [5.41, 5.74) is 0.0444. The van der Waals surface area contributed by atoms with E-state index in [1.54, 1.807) is 6.26 Å². The number of nitrogens with one attached hydrogen (secondary N) is 2. The van der Waals surface area contributed by atoms with Crippen molar-refractivity contribution in [1.82, 2.24) is 15.5 Å². The Hall–Kier alpha value is -1.75. The van der Waals surface area contributed by atoms with Crippen LogP contribution in [0.5, 0.6) is 0 Å². The van der Waals surface area contributed by atoms with Crippen LogP contribution in [0.3, 0.4) is 0 Å². The minimum atomic E-state index is -4.33. The summed E-state index contributed by atoms with van der Waals surface area (Å²) in [6, 6.07) is 8.82. The molecule has 1 aromatic carbocycles. The molecule has 0 saturated heterocycles. The Morgan fingerprint density at radius 3 is 2.32 bits per heavy atom. The zero-order valence-corrected chi connectivity index (χ0v) is 18.4. The topological polar surface area (TPSA) is 52.8 Å². The van der Waals surface area contributed by atoms with E-state index >= 15 is 0 Å². The molecule has 0 amide bonds. The summed E-state index contributed by atoms with van der Waals surface area (Å²) in [5, 5.41) is 6.39. The molecule has 0 aliphatic carbocycles. The van der Waals surface area contributed by atoms with Crippen LogP contribution in [0, 0.1) is 0 Å². The van der Waals surface area contributed by atoms with Crippen LogP contribution in [0.1, 0.15) is 29.9 Å². The quantitative estimate of drug-likeness (QED) is 0.332. The average molecular weight is 510 g/mol. The number of furan rings is 1. The Morgan fingerprint density at radius 2 is 1.82 bits per heavy atom. The summed E-state index contributed by atoms with van der Waals surface area (Å²) in [6.45, 7) is 3.47. The number of likely N-dealkylation sites (N-methyl/N-ethyl adjacent to an activating group) is 1. The lowest BCUT2D eigenvalue weighted by atomic mass is 10.1. The highest BCUT2D eigenvalue weighted by Crippen LogP contribution is 2.29. The fourth-order valence-corrected chi connectivity index (χ4v) is 2.52. The Morgan fingerprint density at radius 1 is 1.14 bits per heavy atom. The van der Waals surface area contributed by atoms with Crippen molar-refractivity contribution in [3.05, 3.63) is 59.5 Å². The molecule has 0 aliphatic rings. The second-order valence-corrected chi connectivity index (χ2v) is 6.27. The SMILES string of the molecule is CCNC(=NCc1ccc(C(F)(F)F)cc1)NCC(c1ccco1)N(C)C.I. The maximum Gasteiger partial charge on any atom is 0.416 e. The Bertz CT molecular complexity index is 716. The fraction of sp³-hybridized carbons (Fsp3) is 0.421. The van der Waals surface area contributed by atoms with Crippen molar-refractivity contribution in [3.63, 3.8) is 0 Å². The average Bonchev–Trinajstić information content (AvgIpc) is 3.13. The lowest BCUT2D eigenvalue weighted by Gasteiger charge is -2.23. The molecule has 2 N–H and O–H groups in total. The van der Waals surface area contributed by atoms with Crippen LogP contribution in [0.4, 0.5) is 13.2 Å². The lowest BCUT2D eigenvalue weighted by molar-refractivity contribution is -0.137. The number of guanidine groups is 1. The number of hydrogen-bond donors (Lipinski definition) is 2. The smallest absolute Gasteiger partial charge is 0.416 e. The van der Waals surface area contributed by atoms with Crippen molar-refractivity contribution in [2.45, 2.75) is 25.7 Å². The van der Waals surface area contributed by atoms with E-state index in [9.17, 15) is 13.2 Å². The van der Waals surface area contributed by atoms with Crippen LogP contribution >= 0.6 is 24.0 Å². The van der Waals surface area contributed by atoms with Gasteiger partial charge in [-0.2, -0.15) is 13.2 Å². The third-order valence-corrected chi connectivity index (χ3v) is 4.00. The molecule has 0 fully saturated rings. The first-order chi connectivity index (χ1) is 12.8. The van der Waals surface area contributed by atoms with E-state index in [4.69, 9.17) is 4.42 Å².